The van der Waals surface area contributed by atoms with Gasteiger partial charge in [-0.25, -0.2) is 0 Å². The van der Waals surface area contributed by atoms with Gasteiger partial charge in [-0.05, 0) is 40.5 Å². The summed E-state index contributed by atoms with van der Waals surface area (Å²) in [7, 11) is 2.96. The quantitative estimate of drug-likeness (QED) is 0.831. The van der Waals surface area contributed by atoms with Crippen molar-refractivity contribution in [3.63, 3.8) is 0 Å². The Bertz CT molecular complexity index is 603. The highest BCUT2D eigenvalue weighted by atomic mass is 79.9. The van der Waals surface area contributed by atoms with Crippen LogP contribution < -0.4 is 10.1 Å². The van der Waals surface area contributed by atoms with E-state index in [9.17, 15) is 14.4 Å². The number of likely N-dealkylation sites (N-methyl/N-ethyl adjacent to an activating group) is 1. The minimum atomic E-state index is -0.666. The molecule has 7 heteroatoms. The third-order valence-electron chi connectivity index (χ3n) is 3.37. The molecule has 1 aliphatic heterocycles. The van der Waals surface area contributed by atoms with Crippen molar-refractivity contribution in [2.75, 3.05) is 14.2 Å². The van der Waals surface area contributed by atoms with Crippen LogP contribution in [-0.2, 0) is 9.59 Å². The Balaban J connectivity index is 2.09. The Morgan fingerprint density at radius 3 is 2.76 bits per heavy atom. The molecule has 1 aliphatic rings. The molecule has 1 fully saturated rings. The van der Waals surface area contributed by atoms with E-state index in [0.29, 0.717) is 22.2 Å². The molecular formula is C14H15BrN2O4. The molecule has 1 atom stereocenters. The predicted octanol–water partition coefficient (Wildman–Crippen LogP) is 1.33. The van der Waals surface area contributed by atoms with Crippen LogP contribution in [0.1, 0.15) is 23.2 Å². The van der Waals surface area contributed by atoms with Gasteiger partial charge in [0.25, 0.3) is 11.8 Å². The Morgan fingerprint density at radius 1 is 1.43 bits per heavy atom. The molecule has 0 radical (unpaired) electrons. The van der Waals surface area contributed by atoms with Crippen molar-refractivity contribution < 1.29 is 19.1 Å². The summed E-state index contributed by atoms with van der Waals surface area (Å²) < 4.78 is 5.75. The first-order chi connectivity index (χ1) is 9.93. The first kappa shape index (κ1) is 15.5. The van der Waals surface area contributed by atoms with Gasteiger partial charge in [-0.3, -0.25) is 19.3 Å². The topological polar surface area (TPSA) is 75.7 Å². The maximum absolute atomic E-state index is 12.2. The molecule has 1 heterocycles. The van der Waals surface area contributed by atoms with Crippen LogP contribution in [-0.4, -0.2) is 42.8 Å². The number of likely N-dealkylation sites (tertiary alicyclic amines) is 1. The van der Waals surface area contributed by atoms with E-state index in [-0.39, 0.29) is 24.1 Å². The summed E-state index contributed by atoms with van der Waals surface area (Å²) in [4.78, 5) is 36.5. The van der Waals surface area contributed by atoms with E-state index < -0.39 is 6.04 Å². The number of nitrogens with zero attached hydrogens (tertiary/aromatic N) is 1. The lowest BCUT2D eigenvalue weighted by molar-refractivity contribution is -0.147. The van der Waals surface area contributed by atoms with E-state index in [1.165, 1.54) is 14.2 Å². The van der Waals surface area contributed by atoms with Crippen LogP contribution in [0.25, 0.3) is 0 Å². The average molecular weight is 355 g/mol. The number of carbonyl (C=O) groups is 3. The van der Waals surface area contributed by atoms with Gasteiger partial charge in [-0.2, -0.15) is 0 Å². The standard InChI is InChI=1S/C14H15BrN2O4/c1-17-12(18)6-4-10(14(17)20)16-13(19)8-3-5-11(21-2)9(15)7-8/h3,5,7,10H,4,6H2,1-2H3,(H,16,19). The van der Waals surface area contributed by atoms with Crippen LogP contribution in [0.5, 0.6) is 5.75 Å². The van der Waals surface area contributed by atoms with Crippen LogP contribution in [0.15, 0.2) is 22.7 Å². The summed E-state index contributed by atoms with van der Waals surface area (Å²) in [5.41, 5.74) is 0.412. The van der Waals surface area contributed by atoms with Crippen molar-refractivity contribution >= 4 is 33.7 Å². The van der Waals surface area contributed by atoms with Gasteiger partial charge in [0.1, 0.15) is 11.8 Å². The number of rotatable bonds is 3. The van der Waals surface area contributed by atoms with Crippen molar-refractivity contribution in [3.8, 4) is 5.75 Å². The SMILES string of the molecule is COc1ccc(C(=O)NC2CCC(=O)N(C)C2=O)cc1Br. The van der Waals surface area contributed by atoms with E-state index in [0.717, 1.165) is 4.90 Å². The predicted molar refractivity (Wildman–Crippen MR) is 79.0 cm³/mol. The third-order valence-corrected chi connectivity index (χ3v) is 3.99. The number of hydrogen-bond donors (Lipinski definition) is 1. The lowest BCUT2D eigenvalue weighted by atomic mass is 10.0. The fourth-order valence-electron chi connectivity index (χ4n) is 2.10. The van der Waals surface area contributed by atoms with E-state index >= 15 is 0 Å². The molecule has 21 heavy (non-hydrogen) atoms. The van der Waals surface area contributed by atoms with Crippen LogP contribution in [0.4, 0.5) is 0 Å². The van der Waals surface area contributed by atoms with E-state index in [1.54, 1.807) is 18.2 Å². The second-order valence-electron chi connectivity index (χ2n) is 4.71. The summed E-state index contributed by atoms with van der Waals surface area (Å²) in [6.07, 6.45) is 0.574. The second kappa shape index (κ2) is 6.26. The number of piperidine rings is 1. The first-order valence-electron chi connectivity index (χ1n) is 6.39. The van der Waals surface area contributed by atoms with Gasteiger partial charge in [0.2, 0.25) is 5.91 Å². The Labute approximate surface area is 130 Å². The van der Waals surface area contributed by atoms with Crippen molar-refractivity contribution in [1.29, 1.82) is 0 Å². The fraction of sp³-hybridized carbons (Fsp3) is 0.357. The van der Waals surface area contributed by atoms with Crippen LogP contribution in [0, 0.1) is 0 Å². The summed E-state index contributed by atoms with van der Waals surface area (Å²) in [6.45, 7) is 0. The molecule has 0 aliphatic carbocycles. The number of hydrogen-bond acceptors (Lipinski definition) is 4. The lowest BCUT2D eigenvalue weighted by Crippen LogP contribution is -2.52. The largest absolute Gasteiger partial charge is 0.496 e. The molecule has 0 bridgehead atoms. The molecule has 0 aromatic heterocycles. The monoisotopic (exact) mass is 354 g/mol. The minimum Gasteiger partial charge on any atom is -0.496 e. The number of benzene rings is 1. The van der Waals surface area contributed by atoms with Gasteiger partial charge in [-0.1, -0.05) is 0 Å². The molecule has 2 rings (SSSR count). The van der Waals surface area contributed by atoms with Gasteiger partial charge in [0.15, 0.2) is 0 Å². The maximum atomic E-state index is 12.2. The van der Waals surface area contributed by atoms with Crippen LogP contribution >= 0.6 is 15.9 Å². The van der Waals surface area contributed by atoms with Gasteiger partial charge >= 0.3 is 0 Å². The first-order valence-corrected chi connectivity index (χ1v) is 7.18. The highest BCUT2D eigenvalue weighted by Crippen LogP contribution is 2.25. The minimum absolute atomic E-state index is 0.224. The zero-order valence-electron chi connectivity index (χ0n) is 11.7. The van der Waals surface area contributed by atoms with Gasteiger partial charge in [-0.15, -0.1) is 0 Å². The lowest BCUT2D eigenvalue weighted by Gasteiger charge is -2.28. The highest BCUT2D eigenvalue weighted by molar-refractivity contribution is 9.10. The Hall–Kier alpha value is -1.89. The molecule has 6 nitrogen and oxygen atoms in total. The van der Waals surface area contributed by atoms with E-state index in [2.05, 4.69) is 21.2 Å². The van der Waals surface area contributed by atoms with Crippen LogP contribution in [0.2, 0.25) is 0 Å². The summed E-state index contributed by atoms with van der Waals surface area (Å²) in [5.74, 6) is -0.352. The van der Waals surface area contributed by atoms with E-state index in [4.69, 9.17) is 4.74 Å². The zero-order valence-corrected chi connectivity index (χ0v) is 13.3. The fourth-order valence-corrected chi connectivity index (χ4v) is 2.64. The second-order valence-corrected chi connectivity index (χ2v) is 5.56. The van der Waals surface area contributed by atoms with Gasteiger partial charge < -0.3 is 10.1 Å². The number of amides is 3. The molecule has 1 unspecified atom stereocenters. The number of halogens is 1. The summed E-state index contributed by atoms with van der Waals surface area (Å²) in [6, 6.07) is 4.23. The smallest absolute Gasteiger partial charge is 0.251 e. The summed E-state index contributed by atoms with van der Waals surface area (Å²) >= 11 is 3.31. The molecule has 3 amide bonds. The van der Waals surface area contributed by atoms with Crippen molar-refractivity contribution in [1.82, 2.24) is 10.2 Å². The van der Waals surface area contributed by atoms with E-state index in [1.807, 2.05) is 0 Å². The molecule has 0 spiro atoms. The average Bonchev–Trinajstić information content (AvgIpc) is 2.47. The molecule has 1 saturated heterocycles. The van der Waals surface area contributed by atoms with Crippen LogP contribution in [0.3, 0.4) is 0 Å². The van der Waals surface area contributed by atoms with Crippen molar-refractivity contribution in [2.45, 2.75) is 18.9 Å². The van der Waals surface area contributed by atoms with Gasteiger partial charge in [0, 0.05) is 19.0 Å². The normalized spacial score (nSPS) is 18.6. The third kappa shape index (κ3) is 3.24. The summed E-state index contributed by atoms with van der Waals surface area (Å²) in [5, 5.41) is 2.66. The van der Waals surface area contributed by atoms with Gasteiger partial charge in [0.05, 0.1) is 11.6 Å². The highest BCUT2D eigenvalue weighted by Gasteiger charge is 2.32. The number of ether oxygens (including phenoxy) is 1. The Kier molecular flexibility index (Phi) is 4.62. The molecule has 1 N–H and O–H groups in total. The molecule has 0 saturated carbocycles. The van der Waals surface area contributed by atoms with Crippen molar-refractivity contribution in [3.05, 3.63) is 28.2 Å². The number of methoxy groups -OCH3 is 1. The molecule has 1 aromatic rings. The Morgan fingerprint density at radius 2 is 2.14 bits per heavy atom. The number of carbonyl (C=O) groups excluding carboxylic acids is 3. The number of nitrogens with one attached hydrogen (secondary N) is 1. The maximum Gasteiger partial charge on any atom is 0.251 e. The molecule has 1 aromatic carbocycles. The molecular weight excluding hydrogens is 340 g/mol. The van der Waals surface area contributed by atoms with Crippen molar-refractivity contribution in [2.24, 2.45) is 0 Å². The number of imide groups is 1. The molecule has 112 valence electrons. The zero-order chi connectivity index (χ0) is 15.6.